The largest absolute Gasteiger partial charge is 0.416 e. The molecule has 9 heteroatoms. The topological polar surface area (TPSA) is 46.4 Å². The van der Waals surface area contributed by atoms with E-state index in [0.29, 0.717) is 15.5 Å². The molecule has 1 heterocycles. The van der Waals surface area contributed by atoms with Crippen LogP contribution in [0.3, 0.4) is 0 Å². The summed E-state index contributed by atoms with van der Waals surface area (Å²) in [6, 6.07) is 11.2. The van der Waals surface area contributed by atoms with E-state index in [1.165, 1.54) is 23.5 Å². The number of aryl methyl sites for hydroxylation is 1. The van der Waals surface area contributed by atoms with Crippen LogP contribution in [-0.4, -0.2) is 10.6 Å². The Bertz CT molecular complexity index is 1060. The average molecular weight is 426 g/mol. The fourth-order valence-electron chi connectivity index (χ4n) is 2.48. The molecule has 2 aromatic carbocycles. The molecule has 0 aliphatic heterocycles. The second-order valence-corrected chi connectivity index (χ2v) is 7.59. The maximum Gasteiger partial charge on any atom is 0.416 e. The number of halogens is 4. The second kappa shape index (κ2) is 8.20. The van der Waals surface area contributed by atoms with E-state index in [2.05, 4.69) is 10.3 Å². The molecule has 2 amide bonds. The lowest BCUT2D eigenvalue weighted by Crippen LogP contribution is -2.23. The van der Waals surface area contributed by atoms with Crippen molar-refractivity contribution in [2.75, 3.05) is 0 Å². The highest BCUT2D eigenvalue weighted by Gasteiger charge is 2.30. The maximum atomic E-state index is 12.7. The van der Waals surface area contributed by atoms with E-state index in [-0.39, 0.29) is 6.54 Å². The number of hydrogen-bond donors (Lipinski definition) is 1. The Hall–Kier alpha value is -2.58. The van der Waals surface area contributed by atoms with Gasteiger partial charge in [0.1, 0.15) is 0 Å². The fourth-order valence-corrected chi connectivity index (χ4v) is 3.52. The molecular weight excluding hydrogens is 411 g/mol. The standard InChI is InChI=1S/C19H15ClF3N3OS/c1-12-11-26(16-7-5-14(6-8-16)19(21,22)23)18(28-12)25-17(27)24-10-13-3-2-4-15(20)9-13/h2-9,11H,10H2,1H3,(H,24,27)/b25-18-. The Morgan fingerprint density at radius 2 is 1.93 bits per heavy atom. The summed E-state index contributed by atoms with van der Waals surface area (Å²) >= 11 is 7.18. The van der Waals surface area contributed by atoms with Gasteiger partial charge in [-0.3, -0.25) is 4.57 Å². The lowest BCUT2D eigenvalue weighted by Gasteiger charge is -2.08. The molecule has 146 valence electrons. The molecule has 0 bridgehead atoms. The number of aromatic nitrogens is 1. The van der Waals surface area contributed by atoms with E-state index in [9.17, 15) is 18.0 Å². The Morgan fingerprint density at radius 3 is 2.57 bits per heavy atom. The molecule has 0 fully saturated rings. The van der Waals surface area contributed by atoms with Crippen molar-refractivity contribution in [3.05, 3.63) is 80.6 Å². The van der Waals surface area contributed by atoms with Gasteiger partial charge in [0.2, 0.25) is 0 Å². The predicted molar refractivity (Wildman–Crippen MR) is 103 cm³/mol. The number of carbonyl (C=O) groups is 1. The predicted octanol–water partition coefficient (Wildman–Crippen LogP) is 5.33. The zero-order valence-corrected chi connectivity index (χ0v) is 16.2. The molecule has 3 rings (SSSR count). The number of nitrogens with one attached hydrogen (secondary N) is 1. The molecule has 0 saturated carbocycles. The number of hydrogen-bond acceptors (Lipinski definition) is 2. The van der Waals surface area contributed by atoms with Gasteiger partial charge in [0.25, 0.3) is 0 Å². The smallest absolute Gasteiger partial charge is 0.332 e. The molecule has 1 N–H and O–H groups in total. The van der Waals surface area contributed by atoms with E-state index in [1.807, 2.05) is 13.0 Å². The van der Waals surface area contributed by atoms with Crippen molar-refractivity contribution in [2.24, 2.45) is 4.99 Å². The summed E-state index contributed by atoms with van der Waals surface area (Å²) in [7, 11) is 0. The first-order valence-corrected chi connectivity index (χ1v) is 9.35. The van der Waals surface area contributed by atoms with Crippen molar-refractivity contribution >= 4 is 29.0 Å². The third-order valence-corrected chi connectivity index (χ3v) is 4.91. The highest BCUT2D eigenvalue weighted by molar-refractivity contribution is 7.09. The Balaban J connectivity index is 1.82. The van der Waals surface area contributed by atoms with Crippen LogP contribution < -0.4 is 10.1 Å². The lowest BCUT2D eigenvalue weighted by molar-refractivity contribution is -0.137. The van der Waals surface area contributed by atoms with Gasteiger partial charge in [-0.1, -0.05) is 23.7 Å². The summed E-state index contributed by atoms with van der Waals surface area (Å²) in [5.74, 6) is 0. The van der Waals surface area contributed by atoms with Gasteiger partial charge in [-0.05, 0) is 48.9 Å². The molecule has 1 aromatic heterocycles. The number of alkyl halides is 3. The summed E-state index contributed by atoms with van der Waals surface area (Å²) in [6.45, 7) is 2.08. The van der Waals surface area contributed by atoms with Crippen LogP contribution in [0.25, 0.3) is 5.69 Å². The third-order valence-electron chi connectivity index (χ3n) is 3.77. The van der Waals surface area contributed by atoms with Crippen LogP contribution in [0.5, 0.6) is 0 Å². The molecule has 0 atom stereocenters. The molecular formula is C19H15ClF3N3OS. The molecule has 0 spiro atoms. The highest BCUT2D eigenvalue weighted by atomic mass is 35.5. The number of nitrogens with zero attached hydrogens (tertiary/aromatic N) is 2. The third kappa shape index (κ3) is 5.02. The number of carbonyl (C=O) groups excluding carboxylic acids is 1. The van der Waals surface area contributed by atoms with Gasteiger partial charge in [-0.25, -0.2) is 4.79 Å². The molecule has 3 aromatic rings. The first-order valence-electron chi connectivity index (χ1n) is 8.16. The molecule has 0 radical (unpaired) electrons. The van der Waals surface area contributed by atoms with Gasteiger partial charge in [-0.15, -0.1) is 11.3 Å². The van der Waals surface area contributed by atoms with Crippen LogP contribution >= 0.6 is 22.9 Å². The van der Waals surface area contributed by atoms with Gasteiger partial charge in [0, 0.05) is 28.3 Å². The zero-order valence-electron chi connectivity index (χ0n) is 14.6. The summed E-state index contributed by atoms with van der Waals surface area (Å²) in [5, 5.41) is 3.24. The Labute approximate surface area is 167 Å². The molecule has 0 aliphatic rings. The summed E-state index contributed by atoms with van der Waals surface area (Å²) < 4.78 is 39.8. The number of rotatable bonds is 3. The van der Waals surface area contributed by atoms with Crippen LogP contribution in [0.15, 0.2) is 59.7 Å². The van der Waals surface area contributed by atoms with Gasteiger partial charge in [0.15, 0.2) is 4.80 Å². The van der Waals surface area contributed by atoms with E-state index in [1.54, 1.807) is 29.0 Å². The number of benzene rings is 2. The van der Waals surface area contributed by atoms with E-state index in [4.69, 9.17) is 11.6 Å². The monoisotopic (exact) mass is 425 g/mol. The quantitative estimate of drug-likeness (QED) is 0.605. The minimum Gasteiger partial charge on any atom is -0.332 e. The van der Waals surface area contributed by atoms with Crippen molar-refractivity contribution in [1.82, 2.24) is 9.88 Å². The maximum absolute atomic E-state index is 12.7. The normalized spacial score (nSPS) is 12.2. The van der Waals surface area contributed by atoms with Crippen LogP contribution in [0.1, 0.15) is 16.0 Å². The lowest BCUT2D eigenvalue weighted by atomic mass is 10.2. The van der Waals surface area contributed by atoms with Gasteiger partial charge in [-0.2, -0.15) is 18.2 Å². The van der Waals surface area contributed by atoms with Crippen LogP contribution in [0.4, 0.5) is 18.0 Å². The molecule has 4 nitrogen and oxygen atoms in total. The van der Waals surface area contributed by atoms with Gasteiger partial charge < -0.3 is 5.32 Å². The molecule has 28 heavy (non-hydrogen) atoms. The van der Waals surface area contributed by atoms with Crippen molar-refractivity contribution in [2.45, 2.75) is 19.6 Å². The second-order valence-electron chi connectivity index (χ2n) is 5.94. The Morgan fingerprint density at radius 1 is 1.21 bits per heavy atom. The van der Waals surface area contributed by atoms with E-state index in [0.717, 1.165) is 22.6 Å². The van der Waals surface area contributed by atoms with E-state index >= 15 is 0 Å². The zero-order chi connectivity index (χ0) is 20.3. The minimum absolute atomic E-state index is 0.257. The summed E-state index contributed by atoms with van der Waals surface area (Å²) in [6.07, 6.45) is -2.68. The van der Waals surface area contributed by atoms with Crippen molar-refractivity contribution in [1.29, 1.82) is 0 Å². The molecule has 0 saturated heterocycles. The van der Waals surface area contributed by atoms with Gasteiger partial charge >= 0.3 is 12.2 Å². The highest BCUT2D eigenvalue weighted by Crippen LogP contribution is 2.29. The van der Waals surface area contributed by atoms with Crippen LogP contribution in [-0.2, 0) is 12.7 Å². The van der Waals surface area contributed by atoms with Crippen LogP contribution in [0, 0.1) is 6.92 Å². The fraction of sp³-hybridized carbons (Fsp3) is 0.158. The first-order chi connectivity index (χ1) is 13.2. The first kappa shape index (κ1) is 20.2. The molecule has 0 aliphatic carbocycles. The van der Waals surface area contributed by atoms with Crippen molar-refractivity contribution in [3.8, 4) is 5.69 Å². The van der Waals surface area contributed by atoms with Gasteiger partial charge in [0.05, 0.1) is 5.56 Å². The number of thiazole rings is 1. The minimum atomic E-state index is -4.40. The van der Waals surface area contributed by atoms with Crippen molar-refractivity contribution in [3.63, 3.8) is 0 Å². The summed E-state index contributed by atoms with van der Waals surface area (Å²) in [5.41, 5.74) is 0.578. The SMILES string of the molecule is Cc1cn(-c2ccc(C(F)(F)F)cc2)/c(=N/C(=O)NCc2cccc(Cl)c2)s1. The van der Waals surface area contributed by atoms with Crippen LogP contribution in [0.2, 0.25) is 5.02 Å². The average Bonchev–Trinajstić information content (AvgIpc) is 2.99. The van der Waals surface area contributed by atoms with Crippen molar-refractivity contribution < 1.29 is 18.0 Å². The number of amides is 2. The number of urea groups is 1. The Kier molecular flexibility index (Phi) is 5.90. The molecule has 0 unspecified atom stereocenters. The summed E-state index contributed by atoms with van der Waals surface area (Å²) in [4.78, 5) is 17.4. The van der Waals surface area contributed by atoms with E-state index < -0.39 is 17.8 Å².